The molecule has 96 valence electrons. The fourth-order valence-corrected chi connectivity index (χ4v) is 1.87. The third-order valence-corrected chi connectivity index (χ3v) is 2.64. The summed E-state index contributed by atoms with van der Waals surface area (Å²) in [6.45, 7) is 3.84. The summed E-state index contributed by atoms with van der Waals surface area (Å²) in [6, 6.07) is 5.65. The monoisotopic (exact) mass is 247 g/mol. The molecule has 0 spiro atoms. The molecule has 2 aromatic rings. The number of ether oxygens (including phenoxy) is 2. The second-order valence-corrected chi connectivity index (χ2v) is 4.31. The van der Waals surface area contributed by atoms with Crippen molar-refractivity contribution >= 4 is 10.8 Å². The van der Waals surface area contributed by atoms with Crippen LogP contribution in [0.1, 0.15) is 19.5 Å². The normalized spacial score (nSPS) is 10.9. The molecule has 4 nitrogen and oxygen atoms in total. The molecule has 0 aliphatic heterocycles. The Morgan fingerprint density at radius 3 is 2.67 bits per heavy atom. The minimum Gasteiger partial charge on any atom is -0.493 e. The zero-order valence-electron chi connectivity index (χ0n) is 10.8. The van der Waals surface area contributed by atoms with Gasteiger partial charge in [-0.25, -0.2) is 0 Å². The summed E-state index contributed by atoms with van der Waals surface area (Å²) in [5.74, 6) is 1.36. The lowest BCUT2D eigenvalue weighted by Crippen LogP contribution is -2.06. The maximum atomic E-state index is 9.28. The van der Waals surface area contributed by atoms with E-state index in [1.807, 2.05) is 32.0 Å². The van der Waals surface area contributed by atoms with Crippen LogP contribution in [0.4, 0.5) is 0 Å². The van der Waals surface area contributed by atoms with Crippen LogP contribution in [0.15, 0.2) is 24.4 Å². The largest absolute Gasteiger partial charge is 0.493 e. The van der Waals surface area contributed by atoms with Gasteiger partial charge in [0.2, 0.25) is 0 Å². The molecular weight excluding hydrogens is 230 g/mol. The maximum absolute atomic E-state index is 9.28. The van der Waals surface area contributed by atoms with Gasteiger partial charge in [0, 0.05) is 11.6 Å². The second-order valence-electron chi connectivity index (χ2n) is 4.31. The third kappa shape index (κ3) is 2.38. The van der Waals surface area contributed by atoms with E-state index in [1.165, 1.54) is 0 Å². The fraction of sp³-hybridized carbons (Fsp3) is 0.357. The molecule has 1 heterocycles. The number of aromatic nitrogens is 1. The average molecular weight is 247 g/mol. The summed E-state index contributed by atoms with van der Waals surface area (Å²) in [7, 11) is 1.60. The van der Waals surface area contributed by atoms with Crippen LogP contribution in [0.3, 0.4) is 0 Å². The lowest BCUT2D eigenvalue weighted by molar-refractivity contribution is 0.230. The van der Waals surface area contributed by atoms with Crippen molar-refractivity contribution in [1.82, 2.24) is 4.98 Å². The first-order valence-electron chi connectivity index (χ1n) is 5.89. The van der Waals surface area contributed by atoms with Gasteiger partial charge in [-0.2, -0.15) is 0 Å². The van der Waals surface area contributed by atoms with Gasteiger partial charge >= 0.3 is 0 Å². The first-order chi connectivity index (χ1) is 8.65. The smallest absolute Gasteiger partial charge is 0.162 e. The second kappa shape index (κ2) is 5.23. The summed E-state index contributed by atoms with van der Waals surface area (Å²) >= 11 is 0. The van der Waals surface area contributed by atoms with Crippen LogP contribution >= 0.6 is 0 Å². The van der Waals surface area contributed by atoms with Gasteiger partial charge in [0.15, 0.2) is 11.5 Å². The van der Waals surface area contributed by atoms with Crippen LogP contribution < -0.4 is 9.47 Å². The van der Waals surface area contributed by atoms with Crippen LogP contribution in [0.2, 0.25) is 0 Å². The molecule has 0 radical (unpaired) electrons. The maximum Gasteiger partial charge on any atom is 0.162 e. The van der Waals surface area contributed by atoms with Crippen molar-refractivity contribution in [3.05, 3.63) is 30.1 Å². The molecule has 0 aliphatic carbocycles. The van der Waals surface area contributed by atoms with E-state index in [0.717, 1.165) is 10.8 Å². The van der Waals surface area contributed by atoms with Crippen molar-refractivity contribution in [1.29, 1.82) is 0 Å². The molecule has 0 bridgehead atoms. The molecule has 0 amide bonds. The molecule has 0 saturated heterocycles. The van der Waals surface area contributed by atoms with E-state index >= 15 is 0 Å². The van der Waals surface area contributed by atoms with Gasteiger partial charge in [0.25, 0.3) is 0 Å². The number of hydrogen-bond donors (Lipinski definition) is 1. The molecular formula is C14H17NO3. The summed E-state index contributed by atoms with van der Waals surface area (Å²) in [5.41, 5.74) is 0.641. The minimum absolute atomic E-state index is 0.0792. The zero-order chi connectivity index (χ0) is 13.1. The molecule has 0 saturated carbocycles. The third-order valence-electron chi connectivity index (χ3n) is 2.64. The van der Waals surface area contributed by atoms with Gasteiger partial charge in [0.1, 0.15) is 0 Å². The van der Waals surface area contributed by atoms with Crippen LogP contribution in [-0.4, -0.2) is 23.3 Å². The summed E-state index contributed by atoms with van der Waals surface area (Å²) in [4.78, 5) is 4.15. The number of benzene rings is 1. The van der Waals surface area contributed by atoms with Gasteiger partial charge in [-0.05, 0) is 37.4 Å². The van der Waals surface area contributed by atoms with Crippen LogP contribution in [0, 0.1) is 0 Å². The summed E-state index contributed by atoms with van der Waals surface area (Å²) < 4.78 is 11.0. The van der Waals surface area contributed by atoms with Crippen molar-refractivity contribution in [2.75, 3.05) is 7.11 Å². The van der Waals surface area contributed by atoms with Crippen molar-refractivity contribution in [3.8, 4) is 11.5 Å². The topological polar surface area (TPSA) is 51.6 Å². The lowest BCUT2D eigenvalue weighted by atomic mass is 10.1. The number of aliphatic hydroxyl groups is 1. The summed E-state index contributed by atoms with van der Waals surface area (Å²) in [6.07, 6.45) is 1.76. The number of aliphatic hydroxyl groups excluding tert-OH is 1. The predicted molar refractivity (Wildman–Crippen MR) is 70.0 cm³/mol. The fourth-order valence-electron chi connectivity index (χ4n) is 1.87. The highest BCUT2D eigenvalue weighted by molar-refractivity contribution is 5.87. The van der Waals surface area contributed by atoms with E-state index in [0.29, 0.717) is 17.2 Å². The molecule has 1 aromatic carbocycles. The van der Waals surface area contributed by atoms with Crippen LogP contribution in [0.5, 0.6) is 11.5 Å². The Bertz CT molecular complexity index is 552. The van der Waals surface area contributed by atoms with Gasteiger partial charge in [-0.15, -0.1) is 0 Å². The van der Waals surface area contributed by atoms with E-state index in [2.05, 4.69) is 4.98 Å². The van der Waals surface area contributed by atoms with Gasteiger partial charge < -0.3 is 14.6 Å². The Kier molecular flexibility index (Phi) is 3.67. The first kappa shape index (κ1) is 12.6. The van der Waals surface area contributed by atoms with E-state index in [4.69, 9.17) is 9.47 Å². The number of fused-ring (bicyclic) bond motifs is 1. The van der Waals surface area contributed by atoms with Crippen LogP contribution in [0.25, 0.3) is 10.8 Å². The number of nitrogens with zero attached hydrogens (tertiary/aromatic N) is 1. The molecule has 4 heteroatoms. The van der Waals surface area contributed by atoms with Crippen molar-refractivity contribution in [2.24, 2.45) is 0 Å². The molecule has 2 rings (SSSR count). The van der Waals surface area contributed by atoms with Crippen molar-refractivity contribution < 1.29 is 14.6 Å². The van der Waals surface area contributed by atoms with Gasteiger partial charge in [0.05, 0.1) is 25.5 Å². The van der Waals surface area contributed by atoms with Crippen LogP contribution in [-0.2, 0) is 6.61 Å². The number of hydrogen-bond acceptors (Lipinski definition) is 4. The van der Waals surface area contributed by atoms with Crippen molar-refractivity contribution in [2.45, 2.75) is 26.6 Å². The molecule has 0 unspecified atom stereocenters. The average Bonchev–Trinajstić information content (AvgIpc) is 2.36. The molecule has 1 aromatic heterocycles. The highest BCUT2D eigenvalue weighted by Gasteiger charge is 2.11. The van der Waals surface area contributed by atoms with E-state index in [-0.39, 0.29) is 12.7 Å². The van der Waals surface area contributed by atoms with E-state index < -0.39 is 0 Å². The van der Waals surface area contributed by atoms with Gasteiger partial charge in [-0.3, -0.25) is 4.98 Å². The highest BCUT2D eigenvalue weighted by atomic mass is 16.5. The Morgan fingerprint density at radius 2 is 2.06 bits per heavy atom. The Hall–Kier alpha value is -1.81. The predicted octanol–water partition coefficient (Wildman–Crippen LogP) is 2.52. The van der Waals surface area contributed by atoms with E-state index in [9.17, 15) is 5.11 Å². The number of pyridine rings is 1. The Balaban J connectivity index is 2.60. The number of methoxy groups -OCH3 is 1. The molecule has 0 atom stereocenters. The summed E-state index contributed by atoms with van der Waals surface area (Å²) in [5, 5.41) is 11.1. The SMILES string of the molecule is COc1cc2c(CO)nccc2cc1OC(C)C. The van der Waals surface area contributed by atoms with E-state index in [1.54, 1.807) is 13.3 Å². The Labute approximate surface area is 106 Å². The zero-order valence-corrected chi connectivity index (χ0v) is 10.8. The molecule has 0 fully saturated rings. The molecule has 18 heavy (non-hydrogen) atoms. The Morgan fingerprint density at radius 1 is 1.28 bits per heavy atom. The number of rotatable bonds is 4. The molecule has 0 aliphatic rings. The standard InChI is InChI=1S/C14H17NO3/c1-9(2)18-14-6-10-4-5-15-12(8-16)11(10)7-13(14)17-3/h4-7,9,16H,8H2,1-3H3. The highest BCUT2D eigenvalue weighted by Crippen LogP contribution is 2.33. The molecule has 1 N–H and O–H groups in total. The lowest BCUT2D eigenvalue weighted by Gasteiger charge is -2.15. The van der Waals surface area contributed by atoms with Gasteiger partial charge in [-0.1, -0.05) is 0 Å². The quantitative estimate of drug-likeness (QED) is 0.902. The minimum atomic E-state index is -0.0924. The first-order valence-corrected chi connectivity index (χ1v) is 5.89. The van der Waals surface area contributed by atoms with Crippen molar-refractivity contribution in [3.63, 3.8) is 0 Å².